The molecule has 0 radical (unpaired) electrons. The van der Waals surface area contributed by atoms with Crippen LogP contribution in [0.5, 0.6) is 0 Å². The van der Waals surface area contributed by atoms with Gasteiger partial charge in [0.2, 0.25) is 5.91 Å². The molecule has 0 spiro atoms. The molecule has 84 valence electrons. The predicted molar refractivity (Wildman–Crippen MR) is 68.2 cm³/mol. The summed E-state index contributed by atoms with van der Waals surface area (Å²) in [7, 11) is 0. The summed E-state index contributed by atoms with van der Waals surface area (Å²) in [6.45, 7) is 4.24. The first-order valence-corrected chi connectivity index (χ1v) is 5.46. The maximum atomic E-state index is 11.0. The van der Waals surface area contributed by atoms with Crippen molar-refractivity contribution >= 4 is 29.0 Å². The van der Waals surface area contributed by atoms with Crippen molar-refractivity contribution < 1.29 is 4.79 Å². The fraction of sp³-hybridized carbons (Fsp3) is 0.333. The van der Waals surface area contributed by atoms with Gasteiger partial charge in [0.25, 0.3) is 0 Å². The van der Waals surface area contributed by atoms with Gasteiger partial charge in [-0.3, -0.25) is 4.79 Å². The van der Waals surface area contributed by atoms with Crippen molar-refractivity contribution in [3.8, 4) is 0 Å². The zero-order valence-electron chi connectivity index (χ0n) is 9.36. The number of hydrogen-bond donors (Lipinski definition) is 1. The molecule has 1 amide bonds. The quantitative estimate of drug-likeness (QED) is 0.643. The Morgan fingerprint density at radius 3 is 2.75 bits per heavy atom. The Bertz CT molecular complexity index is 448. The van der Waals surface area contributed by atoms with Crippen molar-refractivity contribution in [2.75, 3.05) is 0 Å². The molecule has 0 saturated carbocycles. The lowest BCUT2D eigenvalue weighted by Crippen LogP contribution is -2.10. The van der Waals surface area contributed by atoms with Gasteiger partial charge in [-0.1, -0.05) is 19.9 Å². The number of thiocarbonyl (C=S) groups is 1. The molecule has 0 fully saturated rings. The lowest BCUT2D eigenvalue weighted by Gasteiger charge is -2.08. The van der Waals surface area contributed by atoms with Crippen molar-refractivity contribution in [3.63, 3.8) is 0 Å². The van der Waals surface area contributed by atoms with E-state index in [9.17, 15) is 4.79 Å². The molecule has 0 atom stereocenters. The van der Waals surface area contributed by atoms with Crippen molar-refractivity contribution in [2.45, 2.75) is 20.3 Å². The fourth-order valence-corrected chi connectivity index (χ4v) is 1.58. The van der Waals surface area contributed by atoms with Gasteiger partial charge < -0.3 is 5.73 Å². The third-order valence-corrected chi connectivity index (χ3v) is 2.26. The van der Waals surface area contributed by atoms with Crippen LogP contribution in [0.1, 0.15) is 29.8 Å². The molecule has 3 nitrogen and oxygen atoms in total. The van der Waals surface area contributed by atoms with Crippen molar-refractivity contribution in [1.82, 2.24) is 0 Å². The van der Waals surface area contributed by atoms with Crippen LogP contribution in [0.2, 0.25) is 0 Å². The third-order valence-electron chi connectivity index (χ3n) is 2.16. The van der Waals surface area contributed by atoms with Gasteiger partial charge in [-0.25, -0.2) is 0 Å². The Kier molecular flexibility index (Phi) is 4.35. The summed E-state index contributed by atoms with van der Waals surface area (Å²) in [6, 6.07) is 5.23. The van der Waals surface area contributed by atoms with Crippen molar-refractivity contribution in [1.29, 1.82) is 0 Å². The lowest BCUT2D eigenvalue weighted by molar-refractivity contribution is 0.100. The molecule has 0 aromatic heterocycles. The number of rotatable bonds is 4. The molecule has 0 aliphatic carbocycles. The van der Waals surface area contributed by atoms with E-state index in [1.165, 1.54) is 0 Å². The summed E-state index contributed by atoms with van der Waals surface area (Å²) in [5.41, 5.74) is 7.38. The van der Waals surface area contributed by atoms with Crippen LogP contribution in [0.3, 0.4) is 0 Å². The highest BCUT2D eigenvalue weighted by molar-refractivity contribution is 7.78. The maximum Gasteiger partial charge on any atom is 0.248 e. The first-order valence-electron chi connectivity index (χ1n) is 5.05. The summed E-state index contributed by atoms with van der Waals surface area (Å²) in [5, 5.41) is 2.32. The molecule has 0 unspecified atom stereocenters. The van der Waals surface area contributed by atoms with E-state index in [0.29, 0.717) is 17.2 Å². The van der Waals surface area contributed by atoms with Gasteiger partial charge in [0.1, 0.15) is 0 Å². The van der Waals surface area contributed by atoms with Gasteiger partial charge in [0.15, 0.2) is 0 Å². The first kappa shape index (κ1) is 12.6. The molecular weight excluding hydrogens is 220 g/mol. The minimum Gasteiger partial charge on any atom is -0.366 e. The van der Waals surface area contributed by atoms with E-state index in [1.54, 1.807) is 12.1 Å². The number of primary amides is 1. The van der Waals surface area contributed by atoms with Crippen LogP contribution in [-0.2, 0) is 6.42 Å². The molecule has 1 rings (SSSR count). The summed E-state index contributed by atoms with van der Waals surface area (Å²) in [6.07, 6.45) is 0.884. The second kappa shape index (κ2) is 5.54. The average Bonchev–Trinajstić information content (AvgIpc) is 2.20. The molecular formula is C12H14N2OS. The van der Waals surface area contributed by atoms with E-state index < -0.39 is 5.91 Å². The minimum atomic E-state index is -0.461. The number of hydrogen-bond acceptors (Lipinski definition) is 3. The molecule has 0 saturated heterocycles. The Balaban J connectivity index is 3.18. The summed E-state index contributed by atoms with van der Waals surface area (Å²) in [4.78, 5) is 15.0. The first-order chi connectivity index (χ1) is 7.54. The standard InChI is InChI=1S/C12H14N2OS/c1-8(2)5-9-3-4-10(12(13)15)6-11(9)14-7-16/h3-4,6,8H,5H2,1-2H3,(H2,13,15). The van der Waals surface area contributed by atoms with E-state index in [-0.39, 0.29) is 0 Å². The molecule has 1 aromatic carbocycles. The Hall–Kier alpha value is -1.51. The molecule has 1 aromatic rings. The number of carbonyl (C=O) groups excluding carboxylic acids is 1. The number of carbonyl (C=O) groups is 1. The van der Waals surface area contributed by atoms with Crippen LogP contribution in [0, 0.1) is 5.92 Å². The van der Waals surface area contributed by atoms with Crippen molar-refractivity contribution in [2.24, 2.45) is 16.6 Å². The fourth-order valence-electron chi connectivity index (χ4n) is 1.48. The van der Waals surface area contributed by atoms with E-state index in [4.69, 9.17) is 5.73 Å². The Morgan fingerprint density at radius 2 is 2.25 bits per heavy atom. The number of amides is 1. The SMILES string of the molecule is CC(C)Cc1ccc(C(N)=O)cc1N=C=S. The highest BCUT2D eigenvalue weighted by Crippen LogP contribution is 2.23. The summed E-state index contributed by atoms with van der Waals surface area (Å²) >= 11 is 4.58. The lowest BCUT2D eigenvalue weighted by atomic mass is 9.99. The highest BCUT2D eigenvalue weighted by atomic mass is 32.1. The molecule has 2 N–H and O–H groups in total. The van der Waals surface area contributed by atoms with Crippen LogP contribution >= 0.6 is 12.2 Å². The van der Waals surface area contributed by atoms with E-state index >= 15 is 0 Å². The third kappa shape index (κ3) is 3.26. The van der Waals surface area contributed by atoms with Gasteiger partial charge in [0, 0.05) is 5.56 Å². The van der Waals surface area contributed by atoms with Gasteiger partial charge in [-0.15, -0.1) is 0 Å². The second-order valence-corrected chi connectivity index (χ2v) is 4.19. The Morgan fingerprint density at radius 1 is 1.56 bits per heavy atom. The topological polar surface area (TPSA) is 55.5 Å². The van der Waals surface area contributed by atoms with Crippen LogP contribution in [-0.4, -0.2) is 11.1 Å². The summed E-state index contributed by atoms with van der Waals surface area (Å²) in [5.74, 6) is 0.0513. The number of aliphatic imine (C=N–C) groups is 1. The second-order valence-electron chi connectivity index (χ2n) is 4.01. The number of isothiocyanates is 1. The van der Waals surface area contributed by atoms with Gasteiger partial charge >= 0.3 is 0 Å². The van der Waals surface area contributed by atoms with Crippen LogP contribution in [0.4, 0.5) is 5.69 Å². The van der Waals surface area contributed by atoms with E-state index in [1.807, 2.05) is 6.07 Å². The van der Waals surface area contributed by atoms with Gasteiger partial charge in [0.05, 0.1) is 10.8 Å². The molecule has 0 heterocycles. The van der Waals surface area contributed by atoms with Crippen LogP contribution in [0.25, 0.3) is 0 Å². The van der Waals surface area contributed by atoms with E-state index in [0.717, 1.165) is 12.0 Å². The molecule has 16 heavy (non-hydrogen) atoms. The predicted octanol–water partition coefficient (Wildman–Crippen LogP) is 2.72. The maximum absolute atomic E-state index is 11.0. The molecule has 0 aliphatic heterocycles. The zero-order valence-corrected chi connectivity index (χ0v) is 10.2. The number of nitrogens with zero attached hydrogens (tertiary/aromatic N) is 1. The van der Waals surface area contributed by atoms with Crippen LogP contribution in [0.15, 0.2) is 23.2 Å². The number of benzene rings is 1. The summed E-state index contributed by atoms with van der Waals surface area (Å²) < 4.78 is 0. The van der Waals surface area contributed by atoms with Gasteiger partial charge in [-0.05, 0) is 42.3 Å². The highest BCUT2D eigenvalue weighted by Gasteiger charge is 2.07. The average molecular weight is 234 g/mol. The van der Waals surface area contributed by atoms with Crippen molar-refractivity contribution in [3.05, 3.63) is 29.3 Å². The molecule has 0 bridgehead atoms. The minimum absolute atomic E-state index is 0.441. The zero-order chi connectivity index (χ0) is 12.1. The number of nitrogens with two attached hydrogens (primary N) is 1. The monoisotopic (exact) mass is 234 g/mol. The normalized spacial score (nSPS) is 9.94. The smallest absolute Gasteiger partial charge is 0.248 e. The van der Waals surface area contributed by atoms with Gasteiger partial charge in [-0.2, -0.15) is 4.99 Å². The largest absolute Gasteiger partial charge is 0.366 e. The van der Waals surface area contributed by atoms with Crippen LogP contribution < -0.4 is 5.73 Å². The molecule has 0 aliphatic rings. The van der Waals surface area contributed by atoms with E-state index in [2.05, 4.69) is 36.2 Å². The Labute approximate surface area is 100 Å². The molecule has 4 heteroatoms.